The summed E-state index contributed by atoms with van der Waals surface area (Å²) in [5, 5.41) is 44.7. The molecule has 0 heterocycles. The molecule has 2 fully saturated rings. The maximum absolute atomic E-state index is 12.8. The fraction of sp³-hybridized carbons (Fsp3) is 0.727. The van der Waals surface area contributed by atoms with Crippen molar-refractivity contribution in [3.05, 3.63) is 23.3 Å². The number of carbonyl (C=O) groups is 2. The third-order valence-corrected chi connectivity index (χ3v) is 8.31. The molecule has 4 aliphatic rings. The van der Waals surface area contributed by atoms with Crippen molar-refractivity contribution in [2.24, 2.45) is 29.1 Å². The molecule has 2 unspecified atom stereocenters. The zero-order chi connectivity index (χ0) is 21.7. The first-order chi connectivity index (χ1) is 13.3. The number of hydrogen-bond donors (Lipinski definition) is 4. The third-order valence-electron chi connectivity index (χ3n) is 8.31. The first-order valence-corrected chi connectivity index (χ1v) is 10.2. The minimum absolute atomic E-state index is 0.0871. The highest BCUT2D eigenvalue weighted by atomic mass is 16.6. The van der Waals surface area contributed by atoms with Crippen LogP contribution in [0, 0.1) is 29.1 Å². The van der Waals surface area contributed by atoms with E-state index in [0.29, 0.717) is 11.1 Å². The van der Waals surface area contributed by atoms with Crippen molar-refractivity contribution < 1.29 is 34.8 Å². The average molecular weight is 406 g/mol. The van der Waals surface area contributed by atoms with Crippen LogP contribution < -0.4 is 0 Å². The van der Waals surface area contributed by atoms with Gasteiger partial charge in [0.1, 0.15) is 11.2 Å². The lowest BCUT2D eigenvalue weighted by atomic mass is 9.59. The molecule has 0 aromatic carbocycles. The van der Waals surface area contributed by atoms with E-state index in [-0.39, 0.29) is 13.0 Å². The highest BCUT2D eigenvalue weighted by Crippen LogP contribution is 2.76. The number of carbonyl (C=O) groups excluding carboxylic acids is 2. The summed E-state index contributed by atoms with van der Waals surface area (Å²) in [6.45, 7) is 7.96. The predicted molar refractivity (Wildman–Crippen MR) is 102 cm³/mol. The van der Waals surface area contributed by atoms with Gasteiger partial charge in [0.15, 0.2) is 5.78 Å². The van der Waals surface area contributed by atoms with Gasteiger partial charge in [0.2, 0.25) is 0 Å². The fourth-order valence-electron chi connectivity index (χ4n) is 6.91. The molecule has 0 radical (unpaired) electrons. The molecule has 160 valence electrons. The lowest BCUT2D eigenvalue weighted by Crippen LogP contribution is -2.65. The van der Waals surface area contributed by atoms with Gasteiger partial charge in [0.25, 0.3) is 0 Å². The van der Waals surface area contributed by atoms with Gasteiger partial charge in [-0.15, -0.1) is 0 Å². The molecule has 4 N–H and O–H groups in total. The van der Waals surface area contributed by atoms with Crippen molar-refractivity contribution >= 4 is 11.8 Å². The van der Waals surface area contributed by atoms with Crippen molar-refractivity contribution in [3.8, 4) is 0 Å². The number of ketones is 1. The lowest BCUT2D eigenvalue weighted by molar-refractivity contribution is -0.218. The first kappa shape index (κ1) is 20.7. The van der Waals surface area contributed by atoms with Crippen molar-refractivity contribution in [3.63, 3.8) is 0 Å². The van der Waals surface area contributed by atoms with Crippen LogP contribution in [-0.2, 0) is 14.3 Å². The van der Waals surface area contributed by atoms with E-state index in [0.717, 1.165) is 0 Å². The van der Waals surface area contributed by atoms with E-state index in [2.05, 4.69) is 0 Å². The number of ether oxygens (including phenoxy) is 1. The molecule has 0 saturated heterocycles. The second-order valence-corrected chi connectivity index (χ2v) is 9.97. The van der Waals surface area contributed by atoms with Crippen LogP contribution in [0.15, 0.2) is 23.3 Å². The fourth-order valence-corrected chi connectivity index (χ4v) is 6.91. The Bertz CT molecular complexity index is 857. The molecule has 29 heavy (non-hydrogen) atoms. The molecule has 0 amide bonds. The minimum Gasteiger partial charge on any atom is -0.456 e. The Morgan fingerprint density at radius 3 is 2.45 bits per heavy atom. The Labute approximate surface area is 170 Å². The summed E-state index contributed by atoms with van der Waals surface area (Å²) in [6.07, 6.45) is 2.06. The maximum atomic E-state index is 12.8. The Hall–Kier alpha value is -1.54. The molecule has 4 aliphatic carbocycles. The van der Waals surface area contributed by atoms with Crippen molar-refractivity contribution in [1.82, 2.24) is 0 Å². The zero-order valence-electron chi connectivity index (χ0n) is 17.5. The SMILES string of the molecule is CC(=O)O[C@@]12C(O)C(C)[C@@]3(O)[C@@H](C=C(CO)C[C@]4(O)C(=O)C(C)=C[C@@H]34)[C@@H]1C2(C)C. The second kappa shape index (κ2) is 5.78. The van der Waals surface area contributed by atoms with Crippen LogP contribution in [0.2, 0.25) is 0 Å². The van der Waals surface area contributed by atoms with Crippen molar-refractivity contribution in [2.75, 3.05) is 6.61 Å². The number of fused-ring (bicyclic) bond motifs is 5. The third kappa shape index (κ3) is 2.17. The second-order valence-electron chi connectivity index (χ2n) is 9.97. The molecule has 7 nitrogen and oxygen atoms in total. The van der Waals surface area contributed by atoms with Crippen LogP contribution in [0.5, 0.6) is 0 Å². The Morgan fingerprint density at radius 1 is 1.28 bits per heavy atom. The summed E-state index contributed by atoms with van der Waals surface area (Å²) in [7, 11) is 0. The zero-order valence-corrected chi connectivity index (χ0v) is 17.5. The molecular weight excluding hydrogens is 376 g/mol. The van der Waals surface area contributed by atoms with Gasteiger partial charge in [-0.05, 0) is 18.1 Å². The molecule has 8 atom stereocenters. The summed E-state index contributed by atoms with van der Waals surface area (Å²) >= 11 is 0. The molecular formula is C22H30O7. The monoisotopic (exact) mass is 406 g/mol. The smallest absolute Gasteiger partial charge is 0.303 e. The predicted octanol–water partition coefficient (Wildman–Crippen LogP) is 0.501. The number of Topliss-reactive ketones (excluding diaryl/α,β-unsaturated/α-hetero) is 1. The van der Waals surface area contributed by atoms with Crippen LogP contribution in [0.1, 0.15) is 41.0 Å². The van der Waals surface area contributed by atoms with Gasteiger partial charge in [-0.3, -0.25) is 9.59 Å². The summed E-state index contributed by atoms with van der Waals surface area (Å²) in [4.78, 5) is 24.7. The number of hydrogen-bond acceptors (Lipinski definition) is 7. The molecule has 2 saturated carbocycles. The first-order valence-electron chi connectivity index (χ1n) is 10.2. The standard InChI is InChI=1S/C22H30O7/c1-10-6-15-20(27,17(10)25)8-13(9-23)7-14-16-19(4,5)22(16,29-12(3)24)18(26)11(2)21(14,15)28/h6-7,11,14-16,18,23,26-28H,8-9H2,1-5H3/t11?,14-,15+,16+,18?,20+,21+,22+/m0/s1. The van der Waals surface area contributed by atoms with Gasteiger partial charge >= 0.3 is 5.97 Å². The van der Waals surface area contributed by atoms with Gasteiger partial charge in [-0.2, -0.15) is 0 Å². The maximum Gasteiger partial charge on any atom is 0.303 e. The Kier molecular flexibility index (Phi) is 4.13. The molecule has 0 bridgehead atoms. The highest BCUT2D eigenvalue weighted by molar-refractivity contribution is 6.04. The Balaban J connectivity index is 1.94. The van der Waals surface area contributed by atoms with Gasteiger partial charge in [-0.1, -0.05) is 32.9 Å². The van der Waals surface area contributed by atoms with Gasteiger partial charge < -0.3 is 25.2 Å². The van der Waals surface area contributed by atoms with Gasteiger partial charge in [-0.25, -0.2) is 0 Å². The van der Waals surface area contributed by atoms with E-state index in [4.69, 9.17) is 4.74 Å². The summed E-state index contributed by atoms with van der Waals surface area (Å²) in [5.74, 6) is -3.77. The topological polar surface area (TPSA) is 124 Å². The molecule has 0 spiro atoms. The molecule has 0 aliphatic heterocycles. The Morgan fingerprint density at radius 2 is 1.90 bits per heavy atom. The van der Waals surface area contributed by atoms with E-state index < -0.39 is 63.7 Å². The largest absolute Gasteiger partial charge is 0.456 e. The van der Waals surface area contributed by atoms with Crippen molar-refractivity contribution in [2.45, 2.75) is 63.9 Å². The van der Waals surface area contributed by atoms with E-state index in [9.17, 15) is 30.0 Å². The van der Waals surface area contributed by atoms with Crippen LogP contribution in [0.4, 0.5) is 0 Å². The summed E-state index contributed by atoms with van der Waals surface area (Å²) < 4.78 is 5.70. The van der Waals surface area contributed by atoms with Crippen LogP contribution >= 0.6 is 0 Å². The van der Waals surface area contributed by atoms with Gasteiger partial charge in [0, 0.05) is 42.4 Å². The quantitative estimate of drug-likeness (QED) is 0.389. The average Bonchev–Trinajstić information content (AvgIpc) is 3.06. The molecule has 4 rings (SSSR count). The van der Waals surface area contributed by atoms with E-state index >= 15 is 0 Å². The molecule has 0 aromatic heterocycles. The van der Waals surface area contributed by atoms with Crippen LogP contribution in [-0.4, -0.2) is 61.7 Å². The summed E-state index contributed by atoms with van der Waals surface area (Å²) in [6, 6.07) is 0. The minimum atomic E-state index is -1.88. The number of esters is 1. The number of aliphatic hydroxyl groups excluding tert-OH is 2. The normalized spacial score (nSPS) is 49.8. The van der Waals surface area contributed by atoms with Gasteiger partial charge in [0.05, 0.1) is 18.3 Å². The van der Waals surface area contributed by atoms with Crippen LogP contribution in [0.25, 0.3) is 0 Å². The van der Waals surface area contributed by atoms with E-state index in [1.165, 1.54) is 6.92 Å². The molecule has 0 aromatic rings. The lowest BCUT2D eigenvalue weighted by Gasteiger charge is -2.52. The number of aliphatic hydroxyl groups is 4. The van der Waals surface area contributed by atoms with E-state index in [1.807, 2.05) is 13.8 Å². The van der Waals surface area contributed by atoms with E-state index in [1.54, 1.807) is 26.0 Å². The molecule has 7 heteroatoms. The summed E-state index contributed by atoms with van der Waals surface area (Å²) in [5.41, 5.74) is -4.52. The van der Waals surface area contributed by atoms with Crippen LogP contribution in [0.3, 0.4) is 0 Å². The number of rotatable bonds is 2. The highest BCUT2D eigenvalue weighted by Gasteiger charge is 2.86. The van der Waals surface area contributed by atoms with Crippen molar-refractivity contribution in [1.29, 1.82) is 0 Å².